The summed E-state index contributed by atoms with van der Waals surface area (Å²) in [4.78, 5) is 0. The molecule has 1 aliphatic heterocycles. The molecule has 0 saturated carbocycles. The molecular formula is C19H20BrFN2O2S. The fourth-order valence-corrected chi connectivity index (χ4v) is 3.58. The summed E-state index contributed by atoms with van der Waals surface area (Å²) in [5, 5.41) is 6.55. The summed E-state index contributed by atoms with van der Waals surface area (Å²) in [6.07, 6.45) is 0.706. The minimum Gasteiger partial charge on any atom is -0.497 e. The van der Waals surface area contributed by atoms with Gasteiger partial charge in [0, 0.05) is 16.5 Å². The minimum absolute atomic E-state index is 0.0811. The van der Waals surface area contributed by atoms with Gasteiger partial charge in [0.1, 0.15) is 22.9 Å². The Hall–Kier alpha value is -1.86. The first-order valence-electron chi connectivity index (χ1n) is 8.17. The highest BCUT2D eigenvalue weighted by Crippen LogP contribution is 2.41. The summed E-state index contributed by atoms with van der Waals surface area (Å²) >= 11 is 8.65. The van der Waals surface area contributed by atoms with Gasteiger partial charge >= 0.3 is 0 Å². The molecule has 0 amide bonds. The standard InChI is InChI=1S/C19H20BrFN2O2S/c1-19(2)10-16(13-9-12(24-3)5-7-17(13)25-19)23-18(26)22-15-6-4-11(20)8-14(15)21/h4-9,16H,10H2,1-3H3,(H2,22,23,26)/t16-/m1/s1. The number of rotatable bonds is 3. The number of hydrogen-bond acceptors (Lipinski definition) is 3. The average Bonchev–Trinajstić information content (AvgIpc) is 2.56. The van der Waals surface area contributed by atoms with E-state index in [-0.39, 0.29) is 17.5 Å². The van der Waals surface area contributed by atoms with Crippen molar-refractivity contribution in [3.05, 3.63) is 52.3 Å². The molecule has 2 N–H and O–H groups in total. The van der Waals surface area contributed by atoms with Gasteiger partial charge in [-0.15, -0.1) is 0 Å². The molecule has 0 spiro atoms. The van der Waals surface area contributed by atoms with E-state index in [2.05, 4.69) is 26.6 Å². The molecule has 26 heavy (non-hydrogen) atoms. The third kappa shape index (κ3) is 4.27. The Kier molecular flexibility index (Phi) is 5.39. The lowest BCUT2D eigenvalue weighted by Gasteiger charge is -2.38. The molecular weight excluding hydrogens is 419 g/mol. The quantitative estimate of drug-likeness (QED) is 0.645. The zero-order valence-corrected chi connectivity index (χ0v) is 17.1. The van der Waals surface area contributed by atoms with Crippen LogP contribution in [0.15, 0.2) is 40.9 Å². The van der Waals surface area contributed by atoms with Crippen LogP contribution in [-0.4, -0.2) is 17.8 Å². The Bertz CT molecular complexity index is 844. The fourth-order valence-electron chi connectivity index (χ4n) is 3.00. The number of ether oxygens (including phenoxy) is 2. The number of fused-ring (bicyclic) bond motifs is 1. The first kappa shape index (κ1) is 18.9. The minimum atomic E-state index is -0.377. The lowest BCUT2D eigenvalue weighted by molar-refractivity contribution is 0.0695. The Morgan fingerprint density at radius 3 is 2.77 bits per heavy atom. The van der Waals surface area contributed by atoms with Crippen molar-refractivity contribution in [1.29, 1.82) is 0 Å². The maximum absolute atomic E-state index is 14.0. The second-order valence-electron chi connectivity index (χ2n) is 6.74. The van der Waals surface area contributed by atoms with Crippen LogP contribution in [0.2, 0.25) is 0 Å². The van der Waals surface area contributed by atoms with Crippen molar-refractivity contribution in [2.24, 2.45) is 0 Å². The Balaban J connectivity index is 1.81. The molecule has 0 aromatic heterocycles. The summed E-state index contributed by atoms with van der Waals surface area (Å²) in [5.74, 6) is 1.16. The molecule has 0 saturated heterocycles. The van der Waals surface area contributed by atoms with Crippen LogP contribution in [-0.2, 0) is 0 Å². The van der Waals surface area contributed by atoms with Gasteiger partial charge < -0.3 is 20.1 Å². The van der Waals surface area contributed by atoms with E-state index in [0.717, 1.165) is 17.1 Å². The molecule has 2 aromatic rings. The van der Waals surface area contributed by atoms with E-state index in [4.69, 9.17) is 21.7 Å². The molecule has 3 rings (SSSR count). The molecule has 0 aliphatic carbocycles. The molecule has 1 heterocycles. The first-order valence-corrected chi connectivity index (χ1v) is 9.37. The average molecular weight is 439 g/mol. The van der Waals surface area contributed by atoms with Crippen LogP contribution < -0.4 is 20.1 Å². The van der Waals surface area contributed by atoms with E-state index >= 15 is 0 Å². The summed E-state index contributed by atoms with van der Waals surface area (Å²) < 4.78 is 26.1. The van der Waals surface area contributed by atoms with Gasteiger partial charge in [0.05, 0.1) is 18.8 Å². The first-order chi connectivity index (χ1) is 12.3. The second-order valence-corrected chi connectivity index (χ2v) is 8.07. The molecule has 4 nitrogen and oxygen atoms in total. The van der Waals surface area contributed by atoms with Crippen molar-refractivity contribution in [2.75, 3.05) is 12.4 Å². The van der Waals surface area contributed by atoms with E-state index in [1.165, 1.54) is 6.07 Å². The smallest absolute Gasteiger partial charge is 0.171 e. The van der Waals surface area contributed by atoms with Gasteiger partial charge in [-0.1, -0.05) is 15.9 Å². The highest BCUT2D eigenvalue weighted by molar-refractivity contribution is 9.10. The summed E-state index contributed by atoms with van der Waals surface area (Å²) in [6.45, 7) is 4.05. The van der Waals surface area contributed by atoms with Crippen LogP contribution in [0.1, 0.15) is 31.9 Å². The second kappa shape index (κ2) is 7.40. The van der Waals surface area contributed by atoms with E-state index in [0.29, 0.717) is 21.7 Å². The summed E-state index contributed by atoms with van der Waals surface area (Å²) in [5.41, 5.74) is 0.935. The monoisotopic (exact) mass is 438 g/mol. The highest BCUT2D eigenvalue weighted by atomic mass is 79.9. The molecule has 1 aliphatic rings. The van der Waals surface area contributed by atoms with Crippen LogP contribution >= 0.6 is 28.1 Å². The Labute approximate surface area is 166 Å². The SMILES string of the molecule is COc1ccc2c(c1)[C@H](NC(=S)Nc1ccc(Br)cc1F)CC(C)(C)O2. The molecule has 0 bridgehead atoms. The molecule has 1 atom stereocenters. The fraction of sp³-hybridized carbons (Fsp3) is 0.316. The van der Waals surface area contributed by atoms with Gasteiger partial charge in [0.25, 0.3) is 0 Å². The van der Waals surface area contributed by atoms with Crippen LogP contribution in [0.5, 0.6) is 11.5 Å². The third-order valence-electron chi connectivity index (χ3n) is 4.16. The van der Waals surface area contributed by atoms with Crippen molar-refractivity contribution < 1.29 is 13.9 Å². The van der Waals surface area contributed by atoms with Gasteiger partial charge in [-0.2, -0.15) is 0 Å². The van der Waals surface area contributed by atoms with Gasteiger partial charge in [-0.05, 0) is 62.5 Å². The lowest BCUT2D eigenvalue weighted by atomic mass is 9.89. The lowest BCUT2D eigenvalue weighted by Crippen LogP contribution is -2.42. The van der Waals surface area contributed by atoms with Crippen LogP contribution in [0.25, 0.3) is 0 Å². The largest absolute Gasteiger partial charge is 0.497 e. The van der Waals surface area contributed by atoms with E-state index in [9.17, 15) is 4.39 Å². The molecule has 0 unspecified atom stereocenters. The molecule has 138 valence electrons. The zero-order valence-electron chi connectivity index (χ0n) is 14.7. The van der Waals surface area contributed by atoms with E-state index in [1.807, 2.05) is 32.0 Å². The predicted molar refractivity (Wildman–Crippen MR) is 109 cm³/mol. The number of methoxy groups -OCH3 is 1. The number of nitrogens with one attached hydrogen (secondary N) is 2. The van der Waals surface area contributed by atoms with Crippen molar-refractivity contribution in [3.63, 3.8) is 0 Å². The number of benzene rings is 2. The van der Waals surface area contributed by atoms with Crippen molar-refractivity contribution in [2.45, 2.75) is 31.9 Å². The highest BCUT2D eigenvalue weighted by Gasteiger charge is 2.34. The van der Waals surface area contributed by atoms with Gasteiger partial charge in [-0.3, -0.25) is 0 Å². The summed E-state index contributed by atoms with van der Waals surface area (Å²) in [6, 6.07) is 10.4. The van der Waals surface area contributed by atoms with Gasteiger partial charge in [0.15, 0.2) is 5.11 Å². The molecule has 0 radical (unpaired) electrons. The van der Waals surface area contributed by atoms with Gasteiger partial charge in [0.2, 0.25) is 0 Å². The number of thiocarbonyl (C=S) groups is 1. The van der Waals surface area contributed by atoms with Crippen LogP contribution in [0, 0.1) is 5.82 Å². The topological polar surface area (TPSA) is 42.5 Å². The molecule has 2 aromatic carbocycles. The molecule has 7 heteroatoms. The number of halogens is 2. The zero-order chi connectivity index (χ0) is 18.9. The van der Waals surface area contributed by atoms with Crippen LogP contribution in [0.4, 0.5) is 10.1 Å². The van der Waals surface area contributed by atoms with E-state index < -0.39 is 0 Å². The Morgan fingerprint density at radius 1 is 1.31 bits per heavy atom. The Morgan fingerprint density at radius 2 is 2.08 bits per heavy atom. The van der Waals surface area contributed by atoms with Crippen molar-refractivity contribution >= 4 is 38.9 Å². The van der Waals surface area contributed by atoms with Crippen molar-refractivity contribution in [1.82, 2.24) is 5.32 Å². The number of hydrogen-bond donors (Lipinski definition) is 2. The predicted octanol–water partition coefficient (Wildman–Crippen LogP) is 5.19. The number of anilines is 1. The maximum Gasteiger partial charge on any atom is 0.171 e. The normalized spacial score (nSPS) is 17.7. The van der Waals surface area contributed by atoms with Gasteiger partial charge in [-0.25, -0.2) is 4.39 Å². The summed E-state index contributed by atoms with van der Waals surface area (Å²) in [7, 11) is 1.63. The maximum atomic E-state index is 14.0. The third-order valence-corrected chi connectivity index (χ3v) is 4.87. The van der Waals surface area contributed by atoms with E-state index in [1.54, 1.807) is 19.2 Å². The van der Waals surface area contributed by atoms with Crippen LogP contribution in [0.3, 0.4) is 0 Å². The van der Waals surface area contributed by atoms with Crippen molar-refractivity contribution in [3.8, 4) is 11.5 Å². The molecule has 0 fully saturated rings.